The second-order valence-electron chi connectivity index (χ2n) is 4.61. The van der Waals surface area contributed by atoms with E-state index in [4.69, 9.17) is 0 Å². The minimum Gasteiger partial charge on any atom is -0.314 e. The molecule has 96 valence electrons. The minimum atomic E-state index is 0.549. The first-order chi connectivity index (χ1) is 8.35. The predicted molar refractivity (Wildman–Crippen MR) is 73.6 cm³/mol. The second-order valence-corrected chi connectivity index (χ2v) is 5.76. The molecule has 2 heterocycles. The fourth-order valence-corrected chi connectivity index (χ4v) is 3.40. The molecule has 4 heteroatoms. The van der Waals surface area contributed by atoms with Gasteiger partial charge >= 0.3 is 0 Å². The largest absolute Gasteiger partial charge is 0.314 e. The van der Waals surface area contributed by atoms with E-state index in [2.05, 4.69) is 35.2 Å². The summed E-state index contributed by atoms with van der Waals surface area (Å²) in [5.41, 5.74) is 0. The van der Waals surface area contributed by atoms with Crippen molar-refractivity contribution in [1.82, 2.24) is 15.2 Å². The first-order valence-electron chi connectivity index (χ1n) is 6.74. The quantitative estimate of drug-likeness (QED) is 0.873. The van der Waals surface area contributed by atoms with Crippen LogP contribution in [0.5, 0.6) is 0 Å². The molecule has 1 aromatic heterocycles. The van der Waals surface area contributed by atoms with E-state index in [-0.39, 0.29) is 0 Å². The Hall–Kier alpha value is -0.450. The van der Waals surface area contributed by atoms with E-state index in [1.165, 1.54) is 22.7 Å². The average molecular weight is 253 g/mol. The van der Waals surface area contributed by atoms with Crippen LogP contribution in [0.2, 0.25) is 0 Å². The molecule has 0 spiro atoms. The maximum atomic E-state index is 4.64. The molecule has 1 atom stereocenters. The van der Waals surface area contributed by atoms with Crippen LogP contribution in [0.15, 0.2) is 6.20 Å². The Kier molecular flexibility index (Phi) is 4.95. The van der Waals surface area contributed by atoms with Gasteiger partial charge in [0.2, 0.25) is 0 Å². The van der Waals surface area contributed by atoms with Gasteiger partial charge in [-0.2, -0.15) is 0 Å². The summed E-state index contributed by atoms with van der Waals surface area (Å²) in [6, 6.07) is 0.549. The van der Waals surface area contributed by atoms with Crippen molar-refractivity contribution >= 4 is 11.3 Å². The molecule has 17 heavy (non-hydrogen) atoms. The van der Waals surface area contributed by atoms with Gasteiger partial charge in [-0.25, -0.2) is 4.98 Å². The van der Waals surface area contributed by atoms with Gasteiger partial charge in [-0.3, -0.25) is 4.90 Å². The van der Waals surface area contributed by atoms with Gasteiger partial charge in [-0.05, 0) is 12.8 Å². The van der Waals surface area contributed by atoms with Gasteiger partial charge in [0.25, 0.3) is 0 Å². The number of aryl methyl sites for hydroxylation is 1. The highest BCUT2D eigenvalue weighted by molar-refractivity contribution is 7.11. The highest BCUT2D eigenvalue weighted by Gasteiger charge is 2.23. The lowest BCUT2D eigenvalue weighted by atomic mass is 10.1. The molecule has 1 saturated heterocycles. The van der Waals surface area contributed by atoms with Gasteiger partial charge in [0.05, 0.1) is 6.04 Å². The molecule has 1 aromatic rings. The molecule has 1 aliphatic heterocycles. The smallest absolute Gasteiger partial charge is 0.110 e. The fourth-order valence-electron chi connectivity index (χ4n) is 2.37. The third kappa shape index (κ3) is 3.27. The average Bonchev–Trinajstić information content (AvgIpc) is 2.85. The number of thiazole rings is 1. The number of nitrogens with zero attached hydrogens (tertiary/aromatic N) is 2. The summed E-state index contributed by atoms with van der Waals surface area (Å²) >= 11 is 1.90. The van der Waals surface area contributed by atoms with E-state index < -0.39 is 0 Å². The molecule has 1 N–H and O–H groups in total. The fraction of sp³-hybridized carbons (Fsp3) is 0.769. The zero-order chi connectivity index (χ0) is 12.1. The van der Waals surface area contributed by atoms with Crippen LogP contribution in [0.1, 0.15) is 42.6 Å². The number of piperazine rings is 1. The summed E-state index contributed by atoms with van der Waals surface area (Å²) in [5.74, 6) is 0. The Balaban J connectivity index is 2.09. The third-order valence-corrected chi connectivity index (χ3v) is 4.60. The first kappa shape index (κ1) is 13.0. The van der Waals surface area contributed by atoms with E-state index in [1.807, 2.05) is 11.3 Å². The van der Waals surface area contributed by atoms with E-state index in [0.29, 0.717) is 6.04 Å². The van der Waals surface area contributed by atoms with Crippen molar-refractivity contribution in [2.24, 2.45) is 0 Å². The van der Waals surface area contributed by atoms with Crippen molar-refractivity contribution in [3.8, 4) is 0 Å². The van der Waals surface area contributed by atoms with Crippen molar-refractivity contribution in [2.45, 2.75) is 39.2 Å². The van der Waals surface area contributed by atoms with Gasteiger partial charge in [-0.1, -0.05) is 20.3 Å². The Morgan fingerprint density at radius 1 is 1.41 bits per heavy atom. The number of rotatable bonds is 5. The maximum Gasteiger partial charge on any atom is 0.110 e. The number of aromatic nitrogens is 1. The van der Waals surface area contributed by atoms with Crippen LogP contribution in [-0.2, 0) is 6.42 Å². The summed E-state index contributed by atoms with van der Waals surface area (Å²) in [7, 11) is 0. The Labute approximate surface area is 108 Å². The van der Waals surface area contributed by atoms with Gasteiger partial charge in [0.15, 0.2) is 0 Å². The highest BCUT2D eigenvalue weighted by Crippen LogP contribution is 2.29. The number of hydrogen-bond acceptors (Lipinski definition) is 4. The molecule has 2 rings (SSSR count). The maximum absolute atomic E-state index is 4.64. The first-order valence-corrected chi connectivity index (χ1v) is 7.56. The molecule has 0 radical (unpaired) electrons. The molecule has 0 aliphatic carbocycles. The standard InChI is InChI=1S/C13H23N3S/c1-3-5-12(16-8-6-14-7-9-16)13-15-10-11(4-2)17-13/h10,12,14H,3-9H2,1-2H3. The molecule has 1 aliphatic rings. The van der Waals surface area contributed by atoms with Crippen LogP contribution < -0.4 is 5.32 Å². The van der Waals surface area contributed by atoms with Gasteiger partial charge < -0.3 is 5.32 Å². The minimum absolute atomic E-state index is 0.549. The molecular formula is C13H23N3S. The monoisotopic (exact) mass is 253 g/mol. The molecule has 1 fully saturated rings. The molecule has 3 nitrogen and oxygen atoms in total. The summed E-state index contributed by atoms with van der Waals surface area (Å²) in [5, 5.41) is 4.75. The van der Waals surface area contributed by atoms with E-state index in [9.17, 15) is 0 Å². The van der Waals surface area contributed by atoms with Crippen LogP contribution in [0, 0.1) is 0 Å². The van der Waals surface area contributed by atoms with Crippen LogP contribution in [-0.4, -0.2) is 36.1 Å². The van der Waals surface area contributed by atoms with Crippen LogP contribution in [0.3, 0.4) is 0 Å². The van der Waals surface area contributed by atoms with E-state index in [0.717, 1.165) is 32.6 Å². The second kappa shape index (κ2) is 6.47. The Morgan fingerprint density at radius 3 is 2.76 bits per heavy atom. The van der Waals surface area contributed by atoms with Crippen molar-refractivity contribution in [3.05, 3.63) is 16.1 Å². The zero-order valence-corrected chi connectivity index (χ0v) is 11.7. The summed E-state index contributed by atoms with van der Waals surface area (Å²) in [4.78, 5) is 8.65. The molecule has 0 amide bonds. The summed E-state index contributed by atoms with van der Waals surface area (Å²) in [6.07, 6.45) is 5.63. The normalized spacial score (nSPS) is 19.4. The van der Waals surface area contributed by atoms with Crippen molar-refractivity contribution < 1.29 is 0 Å². The van der Waals surface area contributed by atoms with E-state index >= 15 is 0 Å². The molecule has 1 unspecified atom stereocenters. The lowest BCUT2D eigenvalue weighted by molar-refractivity contribution is 0.164. The summed E-state index contributed by atoms with van der Waals surface area (Å²) < 4.78 is 0. The van der Waals surface area contributed by atoms with Crippen molar-refractivity contribution in [1.29, 1.82) is 0 Å². The lowest BCUT2D eigenvalue weighted by Crippen LogP contribution is -2.45. The summed E-state index contributed by atoms with van der Waals surface area (Å²) in [6.45, 7) is 9.02. The number of hydrogen-bond donors (Lipinski definition) is 1. The Bertz CT molecular complexity index is 331. The topological polar surface area (TPSA) is 28.2 Å². The van der Waals surface area contributed by atoms with Crippen molar-refractivity contribution in [2.75, 3.05) is 26.2 Å². The van der Waals surface area contributed by atoms with Crippen LogP contribution in [0.4, 0.5) is 0 Å². The van der Waals surface area contributed by atoms with Gasteiger partial charge in [0.1, 0.15) is 5.01 Å². The Morgan fingerprint density at radius 2 is 2.18 bits per heavy atom. The third-order valence-electron chi connectivity index (χ3n) is 3.36. The number of nitrogens with one attached hydrogen (secondary N) is 1. The molecule has 0 aromatic carbocycles. The molecule has 0 bridgehead atoms. The van der Waals surface area contributed by atoms with Gasteiger partial charge in [-0.15, -0.1) is 11.3 Å². The highest BCUT2D eigenvalue weighted by atomic mass is 32.1. The molecule has 0 saturated carbocycles. The van der Waals surface area contributed by atoms with Crippen LogP contribution in [0.25, 0.3) is 0 Å². The van der Waals surface area contributed by atoms with Crippen LogP contribution >= 0.6 is 11.3 Å². The van der Waals surface area contributed by atoms with E-state index in [1.54, 1.807) is 0 Å². The predicted octanol–water partition coefficient (Wildman–Crippen LogP) is 2.45. The lowest BCUT2D eigenvalue weighted by Gasteiger charge is -2.33. The molecular weight excluding hydrogens is 230 g/mol. The van der Waals surface area contributed by atoms with Crippen molar-refractivity contribution in [3.63, 3.8) is 0 Å². The SMILES string of the molecule is CCCC(c1ncc(CC)s1)N1CCNCC1. The zero-order valence-electron chi connectivity index (χ0n) is 10.9. The van der Waals surface area contributed by atoms with Gasteiger partial charge in [0, 0.05) is 37.3 Å².